The van der Waals surface area contributed by atoms with Crippen LogP contribution in [0.3, 0.4) is 0 Å². The minimum absolute atomic E-state index is 0.0612. The first-order valence-corrected chi connectivity index (χ1v) is 9.60. The number of aryl methyl sites for hydroxylation is 2. The van der Waals surface area contributed by atoms with Gasteiger partial charge in [-0.05, 0) is 31.4 Å². The fourth-order valence-corrected chi connectivity index (χ4v) is 4.25. The van der Waals surface area contributed by atoms with Gasteiger partial charge in [-0.3, -0.25) is 4.79 Å². The molecule has 0 spiro atoms. The molecule has 3 heterocycles. The lowest BCUT2D eigenvalue weighted by Gasteiger charge is -2.16. The van der Waals surface area contributed by atoms with Crippen molar-refractivity contribution in [1.29, 1.82) is 0 Å². The summed E-state index contributed by atoms with van der Waals surface area (Å²) < 4.78 is 1.74. The number of benzene rings is 1. The zero-order valence-corrected chi connectivity index (χ0v) is 15.6. The molecule has 3 aromatic rings. The smallest absolute Gasteiger partial charge is 0.237 e. The van der Waals surface area contributed by atoms with Crippen LogP contribution in [0.2, 0.25) is 0 Å². The lowest BCUT2D eigenvalue weighted by atomic mass is 10.2. The molecular weight excluding hydrogens is 348 g/mol. The van der Waals surface area contributed by atoms with Crippen LogP contribution in [-0.2, 0) is 17.6 Å². The van der Waals surface area contributed by atoms with Crippen molar-refractivity contribution in [2.24, 2.45) is 0 Å². The second-order valence-corrected chi connectivity index (χ2v) is 7.18. The van der Waals surface area contributed by atoms with E-state index in [0.717, 1.165) is 42.0 Å². The normalized spacial score (nSPS) is 13.4. The van der Waals surface area contributed by atoms with Crippen molar-refractivity contribution in [3.05, 3.63) is 41.1 Å². The molecule has 0 unspecified atom stereocenters. The number of nitrogen functional groups attached to an aromatic ring is 1. The number of carbonyl (C=O) groups is 1. The van der Waals surface area contributed by atoms with Gasteiger partial charge >= 0.3 is 0 Å². The van der Waals surface area contributed by atoms with Gasteiger partial charge in [0.25, 0.3) is 0 Å². The number of carbonyl (C=O) groups excluding carboxylic acids is 1. The van der Waals surface area contributed by atoms with Crippen LogP contribution in [0.5, 0.6) is 0 Å². The number of nitrogens with zero attached hydrogens (tertiary/aromatic N) is 5. The van der Waals surface area contributed by atoms with Crippen molar-refractivity contribution in [2.45, 2.75) is 31.8 Å². The van der Waals surface area contributed by atoms with Gasteiger partial charge in [0.05, 0.1) is 5.75 Å². The predicted molar refractivity (Wildman–Crippen MR) is 103 cm³/mol. The molecule has 2 aromatic heterocycles. The Balaban J connectivity index is 1.57. The highest BCUT2D eigenvalue weighted by atomic mass is 32.2. The lowest BCUT2D eigenvalue weighted by Crippen LogP contribution is -2.30. The van der Waals surface area contributed by atoms with Gasteiger partial charge < -0.3 is 10.6 Å². The minimum atomic E-state index is 0.0612. The quantitative estimate of drug-likeness (QED) is 0.711. The number of thioether (sulfide) groups is 1. The van der Waals surface area contributed by atoms with E-state index in [2.05, 4.69) is 28.2 Å². The maximum Gasteiger partial charge on any atom is 0.237 e. The molecule has 0 bridgehead atoms. The Bertz CT molecular complexity index is 999. The number of rotatable bonds is 4. The van der Waals surface area contributed by atoms with Gasteiger partial charge in [-0.2, -0.15) is 0 Å². The summed E-state index contributed by atoms with van der Waals surface area (Å²) in [5, 5.41) is 9.10. The highest BCUT2D eigenvalue weighted by Crippen LogP contribution is 2.29. The van der Waals surface area contributed by atoms with Crippen molar-refractivity contribution >= 4 is 35.0 Å². The Labute approximate surface area is 155 Å². The molecule has 134 valence electrons. The Morgan fingerprint density at radius 1 is 1.31 bits per heavy atom. The Hall–Kier alpha value is -2.61. The Kier molecular flexibility index (Phi) is 4.28. The maximum atomic E-state index is 12.7. The van der Waals surface area contributed by atoms with E-state index < -0.39 is 0 Å². The van der Waals surface area contributed by atoms with Gasteiger partial charge in [0, 0.05) is 23.5 Å². The van der Waals surface area contributed by atoms with E-state index in [-0.39, 0.29) is 11.7 Å². The average molecular weight is 368 g/mol. The molecule has 1 aliphatic heterocycles. The van der Waals surface area contributed by atoms with Crippen molar-refractivity contribution in [3.8, 4) is 0 Å². The number of hydrogen-bond donors (Lipinski definition) is 1. The van der Waals surface area contributed by atoms with E-state index in [1.165, 1.54) is 17.3 Å². The summed E-state index contributed by atoms with van der Waals surface area (Å²) in [7, 11) is 0. The van der Waals surface area contributed by atoms with Gasteiger partial charge in [0.2, 0.25) is 11.9 Å². The molecule has 0 atom stereocenters. The molecule has 0 saturated heterocycles. The van der Waals surface area contributed by atoms with Gasteiger partial charge in [0.15, 0.2) is 10.8 Å². The average Bonchev–Trinajstić information content (AvgIpc) is 3.24. The van der Waals surface area contributed by atoms with Crippen LogP contribution in [0, 0.1) is 6.92 Å². The van der Waals surface area contributed by atoms with Crippen molar-refractivity contribution in [3.63, 3.8) is 0 Å². The van der Waals surface area contributed by atoms with E-state index in [9.17, 15) is 4.79 Å². The monoisotopic (exact) mass is 368 g/mol. The van der Waals surface area contributed by atoms with E-state index in [0.29, 0.717) is 11.1 Å². The van der Waals surface area contributed by atoms with Crippen LogP contribution in [0.25, 0.3) is 5.65 Å². The third-order valence-corrected chi connectivity index (χ3v) is 5.63. The standard InChI is InChI=1S/C18H20N6OS/c1-3-13-11(2)20-17(19)24-16(13)21-22-18(24)26-10-15(25)23-9-8-12-6-4-5-7-14(12)23/h4-7H,3,8-10H2,1-2H3,(H2,19,20). The van der Waals surface area contributed by atoms with E-state index in [1.807, 2.05) is 30.0 Å². The molecule has 1 aromatic carbocycles. The third-order valence-electron chi connectivity index (χ3n) is 4.72. The molecule has 0 radical (unpaired) electrons. The van der Waals surface area contributed by atoms with E-state index >= 15 is 0 Å². The summed E-state index contributed by atoms with van der Waals surface area (Å²) >= 11 is 1.34. The molecule has 1 aliphatic rings. The van der Waals surface area contributed by atoms with Crippen molar-refractivity contribution in [1.82, 2.24) is 19.6 Å². The number of amides is 1. The van der Waals surface area contributed by atoms with E-state index in [4.69, 9.17) is 5.73 Å². The first-order chi connectivity index (χ1) is 12.6. The fourth-order valence-electron chi connectivity index (χ4n) is 3.43. The zero-order valence-electron chi connectivity index (χ0n) is 14.8. The third kappa shape index (κ3) is 2.70. The van der Waals surface area contributed by atoms with Gasteiger partial charge in [-0.15, -0.1) is 10.2 Å². The van der Waals surface area contributed by atoms with Crippen LogP contribution in [0.4, 0.5) is 11.6 Å². The largest absolute Gasteiger partial charge is 0.369 e. The lowest BCUT2D eigenvalue weighted by molar-refractivity contribution is -0.116. The van der Waals surface area contributed by atoms with Gasteiger partial charge in [-0.25, -0.2) is 9.38 Å². The number of anilines is 2. The maximum absolute atomic E-state index is 12.7. The number of para-hydroxylation sites is 1. The van der Waals surface area contributed by atoms with Crippen molar-refractivity contribution in [2.75, 3.05) is 22.9 Å². The second-order valence-electron chi connectivity index (χ2n) is 6.24. The molecule has 7 nitrogen and oxygen atoms in total. The number of fused-ring (bicyclic) bond motifs is 2. The Morgan fingerprint density at radius 2 is 2.12 bits per heavy atom. The minimum Gasteiger partial charge on any atom is -0.369 e. The summed E-state index contributed by atoms with van der Waals surface area (Å²) in [6, 6.07) is 8.04. The number of hydrogen-bond acceptors (Lipinski definition) is 6. The van der Waals surface area contributed by atoms with Crippen LogP contribution >= 0.6 is 11.8 Å². The molecule has 0 aliphatic carbocycles. The fraction of sp³-hybridized carbons (Fsp3) is 0.333. The Morgan fingerprint density at radius 3 is 2.92 bits per heavy atom. The second kappa shape index (κ2) is 6.60. The summed E-state index contributed by atoms with van der Waals surface area (Å²) in [5.41, 5.74) is 10.9. The molecule has 26 heavy (non-hydrogen) atoms. The molecule has 4 rings (SSSR count). The first kappa shape index (κ1) is 16.8. The highest BCUT2D eigenvalue weighted by molar-refractivity contribution is 7.99. The molecule has 8 heteroatoms. The molecule has 0 fully saturated rings. The predicted octanol–water partition coefficient (Wildman–Crippen LogP) is 2.26. The molecular formula is C18H20N6OS. The molecule has 0 saturated carbocycles. The topological polar surface area (TPSA) is 89.4 Å². The summed E-state index contributed by atoms with van der Waals surface area (Å²) in [6.45, 7) is 4.70. The molecule has 1 amide bonds. The van der Waals surface area contributed by atoms with Crippen LogP contribution in [0.1, 0.15) is 23.7 Å². The molecule has 2 N–H and O–H groups in total. The van der Waals surface area contributed by atoms with Crippen LogP contribution < -0.4 is 10.6 Å². The van der Waals surface area contributed by atoms with E-state index in [1.54, 1.807) is 4.40 Å². The van der Waals surface area contributed by atoms with Crippen LogP contribution in [-0.4, -0.2) is 37.8 Å². The SMILES string of the molecule is CCc1c(C)nc(N)n2c(SCC(=O)N3CCc4ccccc43)nnc12. The van der Waals surface area contributed by atoms with Crippen molar-refractivity contribution < 1.29 is 4.79 Å². The summed E-state index contributed by atoms with van der Waals surface area (Å²) in [4.78, 5) is 18.9. The van der Waals surface area contributed by atoms with Gasteiger partial charge in [0.1, 0.15) is 0 Å². The zero-order chi connectivity index (χ0) is 18.3. The summed E-state index contributed by atoms with van der Waals surface area (Å²) in [6.07, 6.45) is 1.70. The van der Waals surface area contributed by atoms with Crippen LogP contribution in [0.15, 0.2) is 29.4 Å². The first-order valence-electron chi connectivity index (χ1n) is 8.61. The number of aromatic nitrogens is 4. The highest BCUT2D eigenvalue weighted by Gasteiger charge is 2.25. The summed E-state index contributed by atoms with van der Waals surface area (Å²) in [5.74, 6) is 0.691. The number of nitrogens with two attached hydrogens (primary N) is 1. The van der Waals surface area contributed by atoms with Gasteiger partial charge in [-0.1, -0.05) is 36.9 Å².